The number of anilines is 3. The smallest absolute Gasteiger partial charge is 0.227 e. The Morgan fingerprint density at radius 3 is 1.53 bits per heavy atom. The summed E-state index contributed by atoms with van der Waals surface area (Å²) in [6.45, 7) is 0. The van der Waals surface area contributed by atoms with E-state index in [4.69, 9.17) is 18.8 Å². The largest absolute Gasteiger partial charge is 0.436 e. The monoisotopic (exact) mass is 655 g/mol. The van der Waals surface area contributed by atoms with E-state index in [9.17, 15) is 0 Å². The van der Waals surface area contributed by atoms with Crippen molar-refractivity contribution in [3.05, 3.63) is 176 Å². The van der Waals surface area contributed by atoms with E-state index in [-0.39, 0.29) is 0 Å². The molecule has 0 aliphatic heterocycles. The summed E-state index contributed by atoms with van der Waals surface area (Å²) in [5.74, 6) is 1.20. The third kappa shape index (κ3) is 5.20. The molecule has 10 aromatic rings. The second kappa shape index (κ2) is 11.9. The van der Waals surface area contributed by atoms with Crippen molar-refractivity contribution in [3.8, 4) is 34.0 Å². The van der Waals surface area contributed by atoms with Crippen molar-refractivity contribution in [2.45, 2.75) is 0 Å². The lowest BCUT2D eigenvalue weighted by atomic mass is 9.96. The number of rotatable bonds is 6. The maximum Gasteiger partial charge on any atom is 0.227 e. The first-order chi connectivity index (χ1) is 25.2. The van der Waals surface area contributed by atoms with Crippen molar-refractivity contribution in [1.29, 1.82) is 0 Å². The molecule has 51 heavy (non-hydrogen) atoms. The lowest BCUT2D eigenvalue weighted by Crippen LogP contribution is -2.09. The Morgan fingerprint density at radius 2 is 0.882 bits per heavy atom. The Kier molecular flexibility index (Phi) is 6.74. The molecule has 2 aromatic heterocycles. The molecule has 10 rings (SSSR count). The maximum absolute atomic E-state index is 6.07. The Balaban J connectivity index is 1.05. The van der Waals surface area contributed by atoms with E-state index in [0.717, 1.165) is 55.8 Å². The van der Waals surface area contributed by atoms with Crippen LogP contribution in [0.4, 0.5) is 17.1 Å². The van der Waals surface area contributed by atoms with Gasteiger partial charge in [-0.1, -0.05) is 84.9 Å². The predicted octanol–water partition coefficient (Wildman–Crippen LogP) is 12.7. The van der Waals surface area contributed by atoms with E-state index in [1.807, 2.05) is 48.5 Å². The van der Waals surface area contributed by atoms with E-state index in [0.29, 0.717) is 11.8 Å². The van der Waals surface area contributed by atoms with Crippen LogP contribution < -0.4 is 4.90 Å². The first-order valence-corrected chi connectivity index (χ1v) is 17.0. The predicted molar refractivity (Wildman–Crippen MR) is 208 cm³/mol. The average molecular weight is 656 g/mol. The van der Waals surface area contributed by atoms with Crippen LogP contribution in [0.3, 0.4) is 0 Å². The fourth-order valence-electron chi connectivity index (χ4n) is 6.96. The number of hydrogen-bond acceptors (Lipinski definition) is 5. The highest BCUT2D eigenvalue weighted by Crippen LogP contribution is 2.39. The van der Waals surface area contributed by atoms with Gasteiger partial charge in [0.05, 0.1) is 0 Å². The summed E-state index contributed by atoms with van der Waals surface area (Å²) < 4.78 is 12.1. The molecule has 5 nitrogen and oxygen atoms in total. The van der Waals surface area contributed by atoms with Crippen LogP contribution in [-0.2, 0) is 0 Å². The first-order valence-electron chi connectivity index (χ1n) is 17.0. The van der Waals surface area contributed by atoms with Gasteiger partial charge in [0.15, 0.2) is 11.2 Å². The van der Waals surface area contributed by atoms with Gasteiger partial charge in [-0.2, -0.15) is 0 Å². The van der Waals surface area contributed by atoms with Gasteiger partial charge in [-0.15, -0.1) is 0 Å². The molecule has 0 bridgehead atoms. The summed E-state index contributed by atoms with van der Waals surface area (Å²) in [7, 11) is 0. The zero-order valence-corrected chi connectivity index (χ0v) is 27.4. The van der Waals surface area contributed by atoms with Crippen LogP contribution in [0.25, 0.3) is 77.8 Å². The third-order valence-electron chi connectivity index (χ3n) is 9.52. The highest BCUT2D eigenvalue weighted by molar-refractivity contribution is 6.00. The molecule has 0 aliphatic carbocycles. The van der Waals surface area contributed by atoms with Crippen LogP contribution in [0, 0.1) is 0 Å². The Bertz CT molecular complexity index is 2680. The molecule has 0 aliphatic rings. The summed E-state index contributed by atoms with van der Waals surface area (Å²) in [4.78, 5) is 11.7. The van der Waals surface area contributed by atoms with Crippen LogP contribution in [-0.4, -0.2) is 9.97 Å². The second-order valence-corrected chi connectivity index (χ2v) is 12.7. The molecular weight excluding hydrogens is 627 g/mol. The van der Waals surface area contributed by atoms with Gasteiger partial charge >= 0.3 is 0 Å². The van der Waals surface area contributed by atoms with E-state index < -0.39 is 0 Å². The molecule has 0 fully saturated rings. The number of fused-ring (bicyclic) bond motifs is 4. The maximum atomic E-state index is 6.07. The fraction of sp³-hybridized carbons (Fsp3) is 0. The van der Waals surface area contributed by atoms with Crippen LogP contribution in [0.15, 0.2) is 185 Å². The highest BCUT2D eigenvalue weighted by atomic mass is 16.4. The highest BCUT2D eigenvalue weighted by Gasteiger charge is 2.17. The van der Waals surface area contributed by atoms with Gasteiger partial charge in [-0.25, -0.2) is 9.97 Å². The standard InChI is InChI=1S/C46H29N3O2/c1-2-10-39-30(8-1)9-7-11-40(39)35-17-16-34-29-38(27-22-33(34)28-35)49(36-23-18-31(19-24-36)45-47-41-12-3-5-14-43(41)50-45)37-25-20-32(21-26-37)46-48-42-13-4-6-15-44(42)51-46/h1-29H. The lowest BCUT2D eigenvalue weighted by Gasteiger charge is -2.26. The van der Waals surface area contributed by atoms with E-state index in [2.05, 4.69) is 132 Å². The molecule has 0 spiro atoms. The van der Waals surface area contributed by atoms with Gasteiger partial charge in [0.1, 0.15) is 11.0 Å². The molecule has 0 saturated heterocycles. The number of nitrogens with zero attached hydrogens (tertiary/aromatic N) is 3. The number of para-hydroxylation sites is 4. The number of aromatic nitrogens is 2. The average Bonchev–Trinajstić information content (AvgIpc) is 3.83. The van der Waals surface area contributed by atoms with Gasteiger partial charge < -0.3 is 13.7 Å². The number of oxazole rings is 2. The van der Waals surface area contributed by atoms with E-state index >= 15 is 0 Å². The van der Waals surface area contributed by atoms with Crippen molar-refractivity contribution >= 4 is 60.8 Å². The fourth-order valence-corrected chi connectivity index (χ4v) is 6.96. The molecule has 0 saturated carbocycles. The second-order valence-electron chi connectivity index (χ2n) is 12.7. The molecule has 0 atom stereocenters. The van der Waals surface area contributed by atoms with Gasteiger partial charge in [-0.05, 0) is 124 Å². The Hall–Kier alpha value is -6.98. The van der Waals surface area contributed by atoms with Crippen LogP contribution in [0.2, 0.25) is 0 Å². The lowest BCUT2D eigenvalue weighted by molar-refractivity contribution is 0.619. The molecular formula is C46H29N3O2. The van der Waals surface area contributed by atoms with Crippen molar-refractivity contribution in [2.75, 3.05) is 4.90 Å². The van der Waals surface area contributed by atoms with Crippen molar-refractivity contribution in [2.24, 2.45) is 0 Å². The molecule has 8 aromatic carbocycles. The third-order valence-corrected chi connectivity index (χ3v) is 9.52. The summed E-state index contributed by atoms with van der Waals surface area (Å²) in [6, 6.07) is 60.9. The van der Waals surface area contributed by atoms with Crippen LogP contribution in [0.1, 0.15) is 0 Å². The minimum Gasteiger partial charge on any atom is -0.436 e. The normalized spacial score (nSPS) is 11.5. The number of hydrogen-bond donors (Lipinski definition) is 0. The quantitative estimate of drug-likeness (QED) is 0.178. The molecule has 0 N–H and O–H groups in total. The van der Waals surface area contributed by atoms with Crippen molar-refractivity contribution in [1.82, 2.24) is 9.97 Å². The Labute approximate surface area is 293 Å². The number of benzene rings is 8. The molecule has 240 valence electrons. The minimum absolute atomic E-state index is 0.602. The van der Waals surface area contributed by atoms with Gasteiger partial charge in [0.2, 0.25) is 11.8 Å². The molecule has 5 heteroatoms. The van der Waals surface area contributed by atoms with Crippen molar-refractivity contribution < 1.29 is 8.83 Å². The molecule has 0 radical (unpaired) electrons. The molecule has 0 amide bonds. The topological polar surface area (TPSA) is 55.3 Å². The van der Waals surface area contributed by atoms with E-state index in [1.54, 1.807) is 0 Å². The minimum atomic E-state index is 0.602. The molecule has 2 heterocycles. The van der Waals surface area contributed by atoms with Crippen molar-refractivity contribution in [3.63, 3.8) is 0 Å². The Morgan fingerprint density at radius 1 is 0.373 bits per heavy atom. The van der Waals surface area contributed by atoms with Gasteiger partial charge in [0, 0.05) is 28.2 Å². The van der Waals surface area contributed by atoms with Crippen LogP contribution in [0.5, 0.6) is 0 Å². The zero-order chi connectivity index (χ0) is 33.7. The SMILES string of the molecule is c1ccc2c(-c3ccc4cc(N(c5ccc(-c6nc7ccccc7o6)cc5)c5ccc(-c6nc7ccccc7o6)cc5)ccc4c3)cccc2c1. The summed E-state index contributed by atoms with van der Waals surface area (Å²) in [5.41, 5.74) is 10.6. The van der Waals surface area contributed by atoms with Gasteiger partial charge in [0.25, 0.3) is 0 Å². The molecule has 0 unspecified atom stereocenters. The summed E-state index contributed by atoms with van der Waals surface area (Å²) in [5, 5.41) is 4.84. The first kappa shape index (κ1) is 29.0. The zero-order valence-electron chi connectivity index (χ0n) is 27.4. The van der Waals surface area contributed by atoms with Crippen LogP contribution >= 0.6 is 0 Å². The summed E-state index contributed by atoms with van der Waals surface area (Å²) >= 11 is 0. The summed E-state index contributed by atoms with van der Waals surface area (Å²) in [6.07, 6.45) is 0. The van der Waals surface area contributed by atoms with E-state index in [1.165, 1.54) is 27.3 Å². The van der Waals surface area contributed by atoms with Gasteiger partial charge in [-0.3, -0.25) is 0 Å².